The number of aryl methyl sites for hydroxylation is 1. The molecule has 0 saturated heterocycles. The lowest BCUT2D eigenvalue weighted by Crippen LogP contribution is -2.14. The van der Waals surface area contributed by atoms with E-state index >= 15 is 0 Å². The molecule has 0 aliphatic heterocycles. The second-order valence-corrected chi connectivity index (χ2v) is 5.17. The van der Waals surface area contributed by atoms with Gasteiger partial charge in [-0.2, -0.15) is 0 Å². The summed E-state index contributed by atoms with van der Waals surface area (Å²) in [5, 5.41) is 9.10. The first-order chi connectivity index (χ1) is 7.41. The first-order valence-electron chi connectivity index (χ1n) is 5.69. The summed E-state index contributed by atoms with van der Waals surface area (Å²) in [6.07, 6.45) is 0.652. The molecule has 2 heteroatoms. The summed E-state index contributed by atoms with van der Waals surface area (Å²) in [4.78, 5) is 0. The fourth-order valence-corrected chi connectivity index (χ4v) is 1.97. The molecule has 0 spiro atoms. The summed E-state index contributed by atoms with van der Waals surface area (Å²) >= 11 is 0. The van der Waals surface area contributed by atoms with Gasteiger partial charge in [-0.1, -0.05) is 32.9 Å². The maximum Gasteiger partial charge on any atom is 0.126 e. The van der Waals surface area contributed by atoms with E-state index in [-0.39, 0.29) is 12.0 Å². The topological polar surface area (TPSA) is 29.5 Å². The van der Waals surface area contributed by atoms with E-state index in [1.807, 2.05) is 0 Å². The maximum atomic E-state index is 9.10. The molecule has 2 nitrogen and oxygen atoms in total. The Bertz CT molecular complexity index is 362. The lowest BCUT2D eigenvalue weighted by molar-refractivity contribution is 0.295. The molecule has 0 aliphatic rings. The largest absolute Gasteiger partial charge is 0.496 e. The molecule has 0 heterocycles. The van der Waals surface area contributed by atoms with Gasteiger partial charge in [-0.25, -0.2) is 0 Å². The molecule has 1 aromatic carbocycles. The average molecular weight is 222 g/mol. The number of aliphatic hydroxyl groups is 1. The van der Waals surface area contributed by atoms with Crippen LogP contribution >= 0.6 is 0 Å². The van der Waals surface area contributed by atoms with Gasteiger partial charge in [0.1, 0.15) is 5.75 Å². The van der Waals surface area contributed by atoms with Crippen LogP contribution in [0.5, 0.6) is 5.75 Å². The highest BCUT2D eigenvalue weighted by atomic mass is 16.5. The van der Waals surface area contributed by atoms with Crippen LogP contribution in [0.15, 0.2) is 12.1 Å². The zero-order chi connectivity index (χ0) is 12.3. The lowest BCUT2D eigenvalue weighted by atomic mass is 9.84. The van der Waals surface area contributed by atoms with Crippen LogP contribution in [0.25, 0.3) is 0 Å². The summed E-state index contributed by atoms with van der Waals surface area (Å²) in [6.45, 7) is 8.72. The predicted molar refractivity (Wildman–Crippen MR) is 67.2 cm³/mol. The van der Waals surface area contributed by atoms with Gasteiger partial charge in [0, 0.05) is 6.61 Å². The van der Waals surface area contributed by atoms with Crippen LogP contribution in [0.1, 0.15) is 37.5 Å². The smallest absolute Gasteiger partial charge is 0.126 e. The zero-order valence-electron chi connectivity index (χ0n) is 10.9. The quantitative estimate of drug-likeness (QED) is 0.852. The van der Waals surface area contributed by atoms with Crippen molar-refractivity contribution in [2.45, 2.75) is 39.5 Å². The molecule has 0 unspecified atom stereocenters. The van der Waals surface area contributed by atoms with E-state index in [9.17, 15) is 0 Å². The standard InChI is InChI=1S/C14H22O2/c1-10-6-7-12(14(2,3)4)13(16-5)11(10)8-9-15/h6-7,15H,8-9H2,1-5H3. The zero-order valence-corrected chi connectivity index (χ0v) is 10.9. The Morgan fingerprint density at radius 2 is 1.88 bits per heavy atom. The van der Waals surface area contributed by atoms with Gasteiger partial charge in [0.2, 0.25) is 0 Å². The molecule has 90 valence electrons. The van der Waals surface area contributed by atoms with Gasteiger partial charge in [-0.05, 0) is 35.4 Å². The fraction of sp³-hybridized carbons (Fsp3) is 0.571. The third kappa shape index (κ3) is 2.56. The first-order valence-corrected chi connectivity index (χ1v) is 5.69. The molecule has 0 aromatic heterocycles. The van der Waals surface area contributed by atoms with Crippen LogP contribution in [-0.2, 0) is 11.8 Å². The molecular weight excluding hydrogens is 200 g/mol. The number of hydrogen-bond donors (Lipinski definition) is 1. The summed E-state index contributed by atoms with van der Waals surface area (Å²) in [5.74, 6) is 0.932. The van der Waals surface area contributed by atoms with Crippen molar-refractivity contribution in [1.29, 1.82) is 0 Å². The molecule has 0 amide bonds. The number of benzene rings is 1. The van der Waals surface area contributed by atoms with Gasteiger partial charge < -0.3 is 9.84 Å². The Hall–Kier alpha value is -1.02. The van der Waals surface area contributed by atoms with E-state index in [0.717, 1.165) is 11.3 Å². The SMILES string of the molecule is COc1c(C(C)(C)C)ccc(C)c1CCO. The van der Waals surface area contributed by atoms with Crippen molar-refractivity contribution in [2.24, 2.45) is 0 Å². The van der Waals surface area contributed by atoms with Crippen molar-refractivity contribution < 1.29 is 9.84 Å². The van der Waals surface area contributed by atoms with Gasteiger partial charge in [0.25, 0.3) is 0 Å². The molecule has 16 heavy (non-hydrogen) atoms. The second-order valence-electron chi connectivity index (χ2n) is 5.17. The number of aliphatic hydroxyl groups excluding tert-OH is 1. The molecule has 0 atom stereocenters. The number of rotatable bonds is 3. The molecular formula is C14H22O2. The minimum absolute atomic E-state index is 0.0588. The summed E-state index contributed by atoms with van der Waals surface area (Å²) in [7, 11) is 1.70. The van der Waals surface area contributed by atoms with E-state index in [1.165, 1.54) is 11.1 Å². The molecule has 0 aliphatic carbocycles. The fourth-order valence-electron chi connectivity index (χ4n) is 1.97. The van der Waals surface area contributed by atoms with E-state index in [4.69, 9.17) is 9.84 Å². The van der Waals surface area contributed by atoms with Crippen molar-refractivity contribution in [3.63, 3.8) is 0 Å². The number of ether oxygens (including phenoxy) is 1. The van der Waals surface area contributed by atoms with Crippen molar-refractivity contribution >= 4 is 0 Å². The van der Waals surface area contributed by atoms with Crippen LogP contribution < -0.4 is 4.74 Å². The van der Waals surface area contributed by atoms with Gasteiger partial charge in [-0.3, -0.25) is 0 Å². The first kappa shape index (κ1) is 13.0. The summed E-state index contributed by atoms with van der Waals surface area (Å²) in [6, 6.07) is 4.23. The van der Waals surface area contributed by atoms with Crippen LogP contribution in [0.4, 0.5) is 0 Å². The average Bonchev–Trinajstić information content (AvgIpc) is 2.19. The molecule has 1 rings (SSSR count). The molecule has 0 saturated carbocycles. The third-order valence-electron chi connectivity index (χ3n) is 2.87. The normalized spacial score (nSPS) is 11.6. The van der Waals surface area contributed by atoms with E-state index in [0.29, 0.717) is 6.42 Å². The highest BCUT2D eigenvalue weighted by Gasteiger charge is 2.21. The third-order valence-corrected chi connectivity index (χ3v) is 2.87. The van der Waals surface area contributed by atoms with Gasteiger partial charge in [0.15, 0.2) is 0 Å². The summed E-state index contributed by atoms with van der Waals surface area (Å²) < 4.78 is 5.53. The number of methoxy groups -OCH3 is 1. The number of hydrogen-bond acceptors (Lipinski definition) is 2. The Labute approximate surface area is 98.3 Å². The minimum Gasteiger partial charge on any atom is -0.496 e. The van der Waals surface area contributed by atoms with Crippen molar-refractivity contribution in [3.05, 3.63) is 28.8 Å². The van der Waals surface area contributed by atoms with E-state index in [1.54, 1.807) is 7.11 Å². The highest BCUT2D eigenvalue weighted by molar-refractivity contribution is 5.49. The monoisotopic (exact) mass is 222 g/mol. The van der Waals surface area contributed by atoms with Crippen LogP contribution in [0.3, 0.4) is 0 Å². The maximum absolute atomic E-state index is 9.10. The van der Waals surface area contributed by atoms with Crippen molar-refractivity contribution in [1.82, 2.24) is 0 Å². The Kier molecular flexibility index (Phi) is 3.98. The van der Waals surface area contributed by atoms with Gasteiger partial charge in [-0.15, -0.1) is 0 Å². The van der Waals surface area contributed by atoms with Crippen molar-refractivity contribution in [3.8, 4) is 5.75 Å². The summed E-state index contributed by atoms with van der Waals surface area (Å²) in [5.41, 5.74) is 3.56. The predicted octanol–water partition coefficient (Wildman–Crippen LogP) is 2.84. The Morgan fingerprint density at radius 1 is 1.25 bits per heavy atom. The Balaban J connectivity index is 3.37. The van der Waals surface area contributed by atoms with E-state index in [2.05, 4.69) is 39.8 Å². The second kappa shape index (κ2) is 4.88. The molecule has 1 aromatic rings. The van der Waals surface area contributed by atoms with Crippen molar-refractivity contribution in [2.75, 3.05) is 13.7 Å². The Morgan fingerprint density at radius 3 is 2.31 bits per heavy atom. The van der Waals surface area contributed by atoms with E-state index < -0.39 is 0 Å². The molecule has 0 radical (unpaired) electrons. The highest BCUT2D eigenvalue weighted by Crippen LogP contribution is 2.35. The van der Waals surface area contributed by atoms with Crippen LogP contribution in [0.2, 0.25) is 0 Å². The van der Waals surface area contributed by atoms with Crippen LogP contribution in [-0.4, -0.2) is 18.8 Å². The molecule has 1 N–H and O–H groups in total. The van der Waals surface area contributed by atoms with Gasteiger partial charge in [0.05, 0.1) is 7.11 Å². The minimum atomic E-state index is 0.0588. The molecule has 0 bridgehead atoms. The van der Waals surface area contributed by atoms with Crippen LogP contribution in [0, 0.1) is 6.92 Å². The van der Waals surface area contributed by atoms with Gasteiger partial charge >= 0.3 is 0 Å². The lowest BCUT2D eigenvalue weighted by Gasteiger charge is -2.25. The molecule has 0 fully saturated rings.